The first-order valence-corrected chi connectivity index (χ1v) is 8.08. The van der Waals surface area contributed by atoms with Crippen molar-refractivity contribution in [3.05, 3.63) is 28.7 Å². The number of imide groups is 1. The van der Waals surface area contributed by atoms with Gasteiger partial charge in [0.15, 0.2) is 5.16 Å². The molecule has 3 amide bonds. The zero-order chi connectivity index (χ0) is 15.1. The highest BCUT2D eigenvalue weighted by atomic mass is 32.2. The highest BCUT2D eigenvalue weighted by Gasteiger charge is 2.10. The number of amides is 3. The second-order valence-corrected chi connectivity index (χ2v) is 6.12. The number of aryl methyl sites for hydroxylation is 1. The third kappa shape index (κ3) is 5.20. The molecule has 0 fully saturated rings. The summed E-state index contributed by atoms with van der Waals surface area (Å²) in [5, 5.41) is 15.1. The molecule has 21 heavy (non-hydrogen) atoms. The molecule has 0 aliphatic rings. The number of hydrogen-bond acceptors (Lipinski definition) is 6. The summed E-state index contributed by atoms with van der Waals surface area (Å²) in [4.78, 5) is 24.3. The standard InChI is InChI=1S/C12H15N5O2S2/c1-17-8-14-16-12(17)21-7-10(18)15-11(19)13-5-4-9-3-2-6-20-9/h2-3,6,8H,4-5,7H2,1H3,(H2,13,15,18,19). The predicted octanol–water partition coefficient (Wildman–Crippen LogP) is 1.04. The fourth-order valence-corrected chi connectivity index (χ4v) is 2.89. The van der Waals surface area contributed by atoms with Crippen LogP contribution in [0.5, 0.6) is 0 Å². The zero-order valence-electron chi connectivity index (χ0n) is 11.4. The maximum absolute atomic E-state index is 11.6. The van der Waals surface area contributed by atoms with Gasteiger partial charge in [-0.3, -0.25) is 10.1 Å². The Balaban J connectivity index is 1.63. The fourth-order valence-electron chi connectivity index (χ4n) is 1.49. The Morgan fingerprint density at radius 1 is 1.48 bits per heavy atom. The smallest absolute Gasteiger partial charge is 0.321 e. The van der Waals surface area contributed by atoms with Crippen molar-refractivity contribution in [3.63, 3.8) is 0 Å². The van der Waals surface area contributed by atoms with Gasteiger partial charge in [0, 0.05) is 18.5 Å². The Kier molecular flexibility index (Phi) is 5.76. The third-order valence-corrected chi connectivity index (χ3v) is 4.46. The van der Waals surface area contributed by atoms with E-state index in [1.807, 2.05) is 17.5 Å². The summed E-state index contributed by atoms with van der Waals surface area (Å²) in [6.07, 6.45) is 2.31. The van der Waals surface area contributed by atoms with Crippen molar-refractivity contribution in [3.8, 4) is 0 Å². The molecule has 2 rings (SSSR count). The first-order valence-electron chi connectivity index (χ1n) is 6.22. The summed E-state index contributed by atoms with van der Waals surface area (Å²) in [5.74, 6) is -0.248. The number of carbonyl (C=O) groups is 2. The maximum atomic E-state index is 11.6. The molecule has 2 heterocycles. The van der Waals surface area contributed by atoms with E-state index in [2.05, 4.69) is 20.8 Å². The number of thioether (sulfide) groups is 1. The molecule has 0 unspecified atom stereocenters. The summed E-state index contributed by atoms with van der Waals surface area (Å²) in [5.41, 5.74) is 0. The number of hydrogen-bond donors (Lipinski definition) is 2. The maximum Gasteiger partial charge on any atom is 0.321 e. The molecule has 112 valence electrons. The molecule has 0 radical (unpaired) electrons. The Bertz CT molecular complexity index is 597. The van der Waals surface area contributed by atoms with Crippen molar-refractivity contribution >= 4 is 35.0 Å². The number of nitrogens with zero attached hydrogens (tertiary/aromatic N) is 3. The van der Waals surface area contributed by atoms with Gasteiger partial charge in [-0.05, 0) is 17.9 Å². The highest BCUT2D eigenvalue weighted by molar-refractivity contribution is 7.99. The number of rotatable bonds is 6. The van der Waals surface area contributed by atoms with Crippen LogP contribution >= 0.6 is 23.1 Å². The molecule has 2 aromatic heterocycles. The van der Waals surface area contributed by atoms with Crippen molar-refractivity contribution in [1.29, 1.82) is 0 Å². The Morgan fingerprint density at radius 3 is 3.00 bits per heavy atom. The fraction of sp³-hybridized carbons (Fsp3) is 0.333. The van der Waals surface area contributed by atoms with E-state index < -0.39 is 6.03 Å². The van der Waals surface area contributed by atoms with Crippen molar-refractivity contribution < 1.29 is 9.59 Å². The molecule has 0 spiro atoms. The molecule has 0 aliphatic carbocycles. The lowest BCUT2D eigenvalue weighted by Gasteiger charge is -2.05. The minimum Gasteiger partial charge on any atom is -0.337 e. The van der Waals surface area contributed by atoms with Gasteiger partial charge in [-0.1, -0.05) is 17.8 Å². The molecule has 0 saturated heterocycles. The monoisotopic (exact) mass is 325 g/mol. The van der Waals surface area contributed by atoms with Crippen LogP contribution in [0.3, 0.4) is 0 Å². The molecule has 0 aromatic carbocycles. The van der Waals surface area contributed by atoms with Crippen LogP contribution in [-0.2, 0) is 18.3 Å². The van der Waals surface area contributed by atoms with Gasteiger partial charge >= 0.3 is 6.03 Å². The number of aromatic nitrogens is 3. The van der Waals surface area contributed by atoms with Crippen LogP contribution < -0.4 is 10.6 Å². The number of carbonyl (C=O) groups excluding carboxylic acids is 2. The van der Waals surface area contributed by atoms with Crippen LogP contribution in [0.1, 0.15) is 4.88 Å². The third-order valence-electron chi connectivity index (χ3n) is 2.49. The largest absolute Gasteiger partial charge is 0.337 e. The summed E-state index contributed by atoms with van der Waals surface area (Å²) in [6, 6.07) is 3.50. The summed E-state index contributed by atoms with van der Waals surface area (Å²) in [7, 11) is 1.79. The minimum atomic E-state index is -0.477. The molecule has 2 aromatic rings. The predicted molar refractivity (Wildman–Crippen MR) is 81.3 cm³/mol. The van der Waals surface area contributed by atoms with Gasteiger partial charge in [0.25, 0.3) is 0 Å². The lowest BCUT2D eigenvalue weighted by Crippen LogP contribution is -2.41. The van der Waals surface area contributed by atoms with Crippen LogP contribution in [0.4, 0.5) is 4.79 Å². The molecule has 9 heteroatoms. The minimum absolute atomic E-state index is 0.116. The number of thiophene rings is 1. The van der Waals surface area contributed by atoms with Crippen LogP contribution in [0.25, 0.3) is 0 Å². The summed E-state index contributed by atoms with van der Waals surface area (Å²) < 4.78 is 1.71. The van der Waals surface area contributed by atoms with E-state index in [0.717, 1.165) is 6.42 Å². The second-order valence-electron chi connectivity index (χ2n) is 4.15. The molecule has 0 atom stereocenters. The van der Waals surface area contributed by atoms with Gasteiger partial charge in [0.05, 0.1) is 5.75 Å². The molecule has 0 saturated carbocycles. The van der Waals surface area contributed by atoms with Gasteiger partial charge in [-0.2, -0.15) is 0 Å². The molecule has 7 nitrogen and oxygen atoms in total. The first-order chi connectivity index (χ1) is 10.1. The van der Waals surface area contributed by atoms with E-state index in [1.54, 1.807) is 29.3 Å². The second kappa shape index (κ2) is 7.79. The molecule has 0 aliphatic heterocycles. The van der Waals surface area contributed by atoms with Gasteiger partial charge in [0.1, 0.15) is 6.33 Å². The lowest BCUT2D eigenvalue weighted by atomic mass is 10.3. The zero-order valence-corrected chi connectivity index (χ0v) is 13.0. The first kappa shape index (κ1) is 15.5. The van der Waals surface area contributed by atoms with E-state index in [-0.39, 0.29) is 11.7 Å². The van der Waals surface area contributed by atoms with E-state index in [0.29, 0.717) is 11.7 Å². The molecule has 0 bridgehead atoms. The van der Waals surface area contributed by atoms with E-state index in [4.69, 9.17) is 0 Å². The van der Waals surface area contributed by atoms with Gasteiger partial charge in [0.2, 0.25) is 5.91 Å². The van der Waals surface area contributed by atoms with Crippen molar-refractivity contribution in [2.45, 2.75) is 11.6 Å². The Labute approximate surface area is 130 Å². The SMILES string of the molecule is Cn1cnnc1SCC(=O)NC(=O)NCCc1cccs1. The van der Waals surface area contributed by atoms with Crippen molar-refractivity contribution in [2.24, 2.45) is 7.05 Å². The Hall–Kier alpha value is -1.87. The van der Waals surface area contributed by atoms with Gasteiger partial charge in [-0.25, -0.2) is 4.79 Å². The molecular weight excluding hydrogens is 310 g/mol. The van der Waals surface area contributed by atoms with E-state index in [1.165, 1.54) is 16.6 Å². The average molecular weight is 325 g/mol. The molecular formula is C12H15N5O2S2. The quantitative estimate of drug-likeness (QED) is 0.775. The van der Waals surface area contributed by atoms with Crippen LogP contribution in [0.15, 0.2) is 29.0 Å². The van der Waals surface area contributed by atoms with Crippen LogP contribution in [-0.4, -0.2) is 39.0 Å². The van der Waals surface area contributed by atoms with E-state index >= 15 is 0 Å². The van der Waals surface area contributed by atoms with E-state index in [9.17, 15) is 9.59 Å². The number of urea groups is 1. The normalized spacial score (nSPS) is 10.3. The van der Waals surface area contributed by atoms with Gasteiger partial charge in [-0.15, -0.1) is 21.5 Å². The van der Waals surface area contributed by atoms with Crippen LogP contribution in [0, 0.1) is 0 Å². The number of nitrogens with one attached hydrogen (secondary N) is 2. The topological polar surface area (TPSA) is 88.9 Å². The van der Waals surface area contributed by atoms with Crippen molar-refractivity contribution in [1.82, 2.24) is 25.4 Å². The lowest BCUT2D eigenvalue weighted by molar-refractivity contribution is -0.117. The van der Waals surface area contributed by atoms with Gasteiger partial charge < -0.3 is 9.88 Å². The average Bonchev–Trinajstić information content (AvgIpc) is 3.08. The van der Waals surface area contributed by atoms with Crippen molar-refractivity contribution in [2.75, 3.05) is 12.3 Å². The molecule has 2 N–H and O–H groups in total. The summed E-state index contributed by atoms with van der Waals surface area (Å²) in [6.45, 7) is 0.496. The highest BCUT2D eigenvalue weighted by Crippen LogP contribution is 2.12. The van der Waals surface area contributed by atoms with Crippen LogP contribution in [0.2, 0.25) is 0 Å². The Morgan fingerprint density at radius 2 is 2.33 bits per heavy atom. The summed E-state index contributed by atoms with van der Waals surface area (Å²) >= 11 is 2.86.